The number of alkyl halides is 3. The Hall–Kier alpha value is -2.16. The smallest absolute Gasteiger partial charge is 0.427 e. The lowest BCUT2D eigenvalue weighted by atomic mass is 10.1. The Bertz CT molecular complexity index is 845. The molecule has 5 nitrogen and oxygen atoms in total. The van der Waals surface area contributed by atoms with Crippen molar-refractivity contribution in [1.82, 2.24) is 4.98 Å². The van der Waals surface area contributed by atoms with Crippen LogP contribution in [0.25, 0.3) is 0 Å². The molecule has 1 aromatic carbocycles. The summed E-state index contributed by atoms with van der Waals surface area (Å²) in [5, 5.41) is 0. The Balaban J connectivity index is 2.01. The van der Waals surface area contributed by atoms with Crippen LogP contribution in [-0.2, 0) is 6.54 Å². The van der Waals surface area contributed by atoms with Crippen LogP contribution in [0.1, 0.15) is 11.3 Å². The van der Waals surface area contributed by atoms with E-state index in [0.717, 1.165) is 5.56 Å². The van der Waals surface area contributed by atoms with Gasteiger partial charge in [0.05, 0.1) is 42.8 Å². The zero-order valence-electron chi connectivity index (χ0n) is 14.9. The second-order valence-electron chi connectivity index (χ2n) is 6.08. The van der Waals surface area contributed by atoms with Crippen molar-refractivity contribution in [2.75, 3.05) is 25.7 Å². The zero-order valence-corrected chi connectivity index (χ0v) is 16.5. The Labute approximate surface area is 163 Å². The molecule has 146 valence electrons. The van der Waals surface area contributed by atoms with Gasteiger partial charge in [-0.1, -0.05) is 0 Å². The summed E-state index contributed by atoms with van der Waals surface area (Å²) in [5.74, 6) is 1.28. The molecule has 1 atom stereocenters. The first-order valence-corrected chi connectivity index (χ1v) is 8.88. The third-order valence-corrected chi connectivity index (χ3v) is 5.27. The highest BCUT2D eigenvalue weighted by molar-refractivity contribution is 9.10. The summed E-state index contributed by atoms with van der Waals surface area (Å²) in [4.78, 5) is 5.84. The lowest BCUT2D eigenvalue weighted by Gasteiger charge is -2.37. The highest BCUT2D eigenvalue weighted by Gasteiger charge is 2.46. The molecule has 0 saturated heterocycles. The van der Waals surface area contributed by atoms with Gasteiger partial charge in [0.25, 0.3) is 0 Å². The van der Waals surface area contributed by atoms with Crippen LogP contribution in [0.5, 0.6) is 17.2 Å². The van der Waals surface area contributed by atoms with Gasteiger partial charge in [0, 0.05) is 18.2 Å². The predicted octanol–water partition coefficient (Wildman–Crippen LogP) is 4.50. The number of benzene rings is 1. The van der Waals surface area contributed by atoms with Crippen molar-refractivity contribution in [2.24, 2.45) is 0 Å². The standard InChI is InChI=1S/C18H18BrF3N2O3/c1-10-16(19)17-13(7-23-10)24(9-15(27-17)18(20,21)22)8-11-4-5-12(25-2)6-14(11)26-3/h4-7,15H,8-9H2,1-3H3. The number of fused-ring (bicyclic) bond motifs is 1. The third kappa shape index (κ3) is 3.92. The van der Waals surface area contributed by atoms with Crippen LogP contribution < -0.4 is 19.1 Å². The predicted molar refractivity (Wildman–Crippen MR) is 97.7 cm³/mol. The summed E-state index contributed by atoms with van der Waals surface area (Å²) in [6.07, 6.45) is -4.90. The molecule has 1 unspecified atom stereocenters. The lowest BCUT2D eigenvalue weighted by Crippen LogP contribution is -2.48. The van der Waals surface area contributed by atoms with Gasteiger partial charge in [-0.3, -0.25) is 4.98 Å². The van der Waals surface area contributed by atoms with Crippen LogP contribution in [0.3, 0.4) is 0 Å². The zero-order chi connectivity index (χ0) is 19.8. The summed E-state index contributed by atoms with van der Waals surface area (Å²) in [6.45, 7) is 1.55. The van der Waals surface area contributed by atoms with Crippen LogP contribution in [0.15, 0.2) is 28.9 Å². The number of aryl methyl sites for hydroxylation is 1. The van der Waals surface area contributed by atoms with Crippen molar-refractivity contribution in [2.45, 2.75) is 25.7 Å². The number of methoxy groups -OCH3 is 2. The number of halogens is 4. The minimum absolute atomic E-state index is 0.142. The van der Waals surface area contributed by atoms with Gasteiger partial charge in [0.15, 0.2) is 5.75 Å². The van der Waals surface area contributed by atoms with Crippen LogP contribution >= 0.6 is 15.9 Å². The average Bonchev–Trinajstić information content (AvgIpc) is 2.64. The minimum atomic E-state index is -4.49. The fourth-order valence-electron chi connectivity index (χ4n) is 2.87. The van der Waals surface area contributed by atoms with Crippen LogP contribution in [0, 0.1) is 6.92 Å². The molecule has 0 N–H and O–H groups in total. The molecule has 1 aliphatic heterocycles. The Morgan fingerprint density at radius 2 is 2.04 bits per heavy atom. The number of hydrogen-bond acceptors (Lipinski definition) is 5. The van der Waals surface area contributed by atoms with Gasteiger partial charge in [-0.25, -0.2) is 0 Å². The molecule has 0 spiro atoms. The quantitative estimate of drug-likeness (QED) is 0.691. The fraction of sp³-hybridized carbons (Fsp3) is 0.389. The van der Waals surface area contributed by atoms with E-state index in [9.17, 15) is 13.2 Å². The molecule has 1 aromatic heterocycles. The molecule has 0 fully saturated rings. The first-order valence-electron chi connectivity index (χ1n) is 8.09. The number of ether oxygens (including phenoxy) is 3. The van der Waals surface area contributed by atoms with Crippen molar-refractivity contribution < 1.29 is 27.4 Å². The number of pyridine rings is 1. The van der Waals surface area contributed by atoms with Crippen molar-refractivity contribution in [3.63, 3.8) is 0 Å². The van der Waals surface area contributed by atoms with E-state index in [1.165, 1.54) is 20.4 Å². The van der Waals surface area contributed by atoms with Gasteiger partial charge in [-0.2, -0.15) is 13.2 Å². The van der Waals surface area contributed by atoms with Crippen LogP contribution in [0.2, 0.25) is 0 Å². The summed E-state index contributed by atoms with van der Waals surface area (Å²) in [7, 11) is 3.04. The van der Waals surface area contributed by atoms with Crippen LogP contribution in [0.4, 0.5) is 18.9 Å². The lowest BCUT2D eigenvalue weighted by molar-refractivity contribution is -0.193. The van der Waals surface area contributed by atoms with Gasteiger partial charge in [-0.15, -0.1) is 0 Å². The molecule has 2 heterocycles. The summed E-state index contributed by atoms with van der Waals surface area (Å²) < 4.78 is 56.4. The normalized spacial score (nSPS) is 16.6. The molecule has 27 heavy (non-hydrogen) atoms. The Kier molecular flexibility index (Phi) is 5.41. The van der Waals surface area contributed by atoms with Gasteiger partial charge < -0.3 is 19.1 Å². The van der Waals surface area contributed by atoms with E-state index in [2.05, 4.69) is 20.9 Å². The summed E-state index contributed by atoms with van der Waals surface area (Å²) in [6, 6.07) is 5.21. The summed E-state index contributed by atoms with van der Waals surface area (Å²) >= 11 is 3.30. The van der Waals surface area contributed by atoms with E-state index in [-0.39, 0.29) is 18.8 Å². The third-order valence-electron chi connectivity index (χ3n) is 4.34. The number of aromatic nitrogens is 1. The molecular formula is C18H18BrF3N2O3. The minimum Gasteiger partial charge on any atom is -0.497 e. The van der Waals surface area contributed by atoms with E-state index in [4.69, 9.17) is 14.2 Å². The molecule has 0 bridgehead atoms. The van der Waals surface area contributed by atoms with E-state index >= 15 is 0 Å². The Morgan fingerprint density at radius 3 is 2.67 bits per heavy atom. The van der Waals surface area contributed by atoms with Gasteiger partial charge in [0.1, 0.15) is 11.5 Å². The van der Waals surface area contributed by atoms with Gasteiger partial charge in [0.2, 0.25) is 6.10 Å². The molecule has 0 aliphatic carbocycles. The van der Waals surface area contributed by atoms with Crippen molar-refractivity contribution in [3.05, 3.63) is 40.1 Å². The van der Waals surface area contributed by atoms with E-state index < -0.39 is 12.3 Å². The number of rotatable bonds is 4. The molecule has 2 aromatic rings. The number of anilines is 1. The fourth-order valence-corrected chi connectivity index (χ4v) is 3.27. The molecule has 1 aliphatic rings. The molecule has 3 rings (SSSR count). The molecular weight excluding hydrogens is 429 g/mol. The second-order valence-corrected chi connectivity index (χ2v) is 6.87. The molecule has 0 radical (unpaired) electrons. The Morgan fingerprint density at radius 1 is 1.30 bits per heavy atom. The first kappa shape index (κ1) is 19.6. The van der Waals surface area contributed by atoms with Crippen molar-refractivity contribution in [1.29, 1.82) is 0 Å². The van der Waals surface area contributed by atoms with Gasteiger partial charge in [-0.05, 0) is 35.0 Å². The largest absolute Gasteiger partial charge is 0.497 e. The maximum atomic E-state index is 13.4. The van der Waals surface area contributed by atoms with Crippen LogP contribution in [-0.4, -0.2) is 38.0 Å². The molecule has 0 saturated carbocycles. The van der Waals surface area contributed by atoms with E-state index in [1.807, 2.05) is 0 Å². The molecule has 0 amide bonds. The SMILES string of the molecule is COc1ccc(CN2CC(C(F)(F)F)Oc3c2cnc(C)c3Br)c(OC)c1. The van der Waals surface area contributed by atoms with Crippen molar-refractivity contribution >= 4 is 21.6 Å². The first-order chi connectivity index (χ1) is 12.7. The highest BCUT2D eigenvalue weighted by atomic mass is 79.9. The maximum Gasteiger partial charge on any atom is 0.427 e. The average molecular weight is 447 g/mol. The van der Waals surface area contributed by atoms with E-state index in [1.54, 1.807) is 30.0 Å². The number of nitrogens with zero attached hydrogens (tertiary/aromatic N) is 2. The van der Waals surface area contributed by atoms with Crippen molar-refractivity contribution in [3.8, 4) is 17.2 Å². The monoisotopic (exact) mass is 446 g/mol. The molecule has 9 heteroatoms. The number of hydrogen-bond donors (Lipinski definition) is 0. The topological polar surface area (TPSA) is 43.8 Å². The summed E-state index contributed by atoms with van der Waals surface area (Å²) in [5.41, 5.74) is 1.77. The maximum absolute atomic E-state index is 13.4. The second kappa shape index (κ2) is 7.46. The van der Waals surface area contributed by atoms with E-state index in [0.29, 0.717) is 27.4 Å². The highest BCUT2D eigenvalue weighted by Crippen LogP contribution is 2.44. The van der Waals surface area contributed by atoms with Gasteiger partial charge >= 0.3 is 6.18 Å².